The Morgan fingerprint density at radius 1 is 1.00 bits per heavy atom. The van der Waals surface area contributed by atoms with Gasteiger partial charge in [0, 0.05) is 16.0 Å². The van der Waals surface area contributed by atoms with Gasteiger partial charge in [-0.1, -0.05) is 6.07 Å². The highest BCUT2D eigenvalue weighted by molar-refractivity contribution is 7.80. The highest BCUT2D eigenvalue weighted by Crippen LogP contribution is 2.35. The van der Waals surface area contributed by atoms with Crippen LogP contribution < -0.4 is 0 Å². The Morgan fingerprint density at radius 3 is 2.65 bits per heavy atom. The Bertz CT molecular complexity index is 629. The summed E-state index contributed by atoms with van der Waals surface area (Å²) in [6.07, 6.45) is 1.73. The van der Waals surface area contributed by atoms with Crippen LogP contribution >= 0.6 is 35.3 Å². The lowest BCUT2D eigenvalue weighted by Crippen LogP contribution is -1.84. The predicted octanol–water partition coefficient (Wildman–Crippen LogP) is 4.22. The fraction of sp³-hybridized carbons (Fsp3) is 0. The summed E-state index contributed by atoms with van der Waals surface area (Å²) in [4.78, 5) is 12.0. The molecule has 0 aliphatic carbocycles. The number of aromatic nitrogens is 2. The molecule has 0 spiro atoms. The van der Waals surface area contributed by atoms with Gasteiger partial charge in [-0.2, -0.15) is 0 Å². The molecule has 84 valence electrons. The van der Waals surface area contributed by atoms with Gasteiger partial charge in [0.15, 0.2) is 5.16 Å². The standard InChI is InChI=1S/C12H8N2S3/c15-12-13-6-5-8(14-12)9-3-4-11(17-9)10-2-1-7-16-10/h1-7H,(H,13,14,15). The molecule has 3 aromatic heterocycles. The number of thiophene rings is 2. The van der Waals surface area contributed by atoms with Crippen LogP contribution in [0.25, 0.3) is 20.3 Å². The van der Waals surface area contributed by atoms with Crippen LogP contribution in [0.2, 0.25) is 0 Å². The van der Waals surface area contributed by atoms with Crippen molar-refractivity contribution in [1.82, 2.24) is 9.97 Å². The molecular weight excluding hydrogens is 268 g/mol. The van der Waals surface area contributed by atoms with Crippen LogP contribution in [-0.4, -0.2) is 9.97 Å². The average Bonchev–Trinajstić information content (AvgIpc) is 3.00. The number of hydrogen-bond donors (Lipinski definition) is 1. The zero-order valence-electron chi connectivity index (χ0n) is 8.70. The molecule has 3 aromatic rings. The largest absolute Gasteiger partial charge is 0.231 e. The van der Waals surface area contributed by atoms with Crippen LogP contribution in [0.1, 0.15) is 0 Å². The summed E-state index contributed by atoms with van der Waals surface area (Å²) in [6.45, 7) is 0. The topological polar surface area (TPSA) is 25.8 Å². The molecule has 0 aromatic carbocycles. The summed E-state index contributed by atoms with van der Waals surface area (Å²) in [5, 5.41) is 2.60. The molecule has 0 saturated carbocycles. The third kappa shape index (κ3) is 2.26. The third-order valence-electron chi connectivity index (χ3n) is 2.27. The highest BCUT2D eigenvalue weighted by Gasteiger charge is 2.06. The highest BCUT2D eigenvalue weighted by atomic mass is 32.1. The fourth-order valence-electron chi connectivity index (χ4n) is 1.51. The van der Waals surface area contributed by atoms with Gasteiger partial charge in [-0.15, -0.1) is 35.3 Å². The Hall–Kier alpha value is -1.17. The molecule has 5 heteroatoms. The lowest BCUT2D eigenvalue weighted by atomic mass is 10.3. The molecule has 0 unspecified atom stereocenters. The van der Waals surface area contributed by atoms with Crippen LogP contribution in [0.5, 0.6) is 0 Å². The molecular formula is C12H8N2S3. The SMILES string of the molecule is Sc1nccc(-c2ccc(-c3cccs3)s2)n1. The minimum Gasteiger partial charge on any atom is -0.231 e. The summed E-state index contributed by atoms with van der Waals surface area (Å²) in [5.74, 6) is 0. The van der Waals surface area contributed by atoms with E-state index >= 15 is 0 Å². The maximum Gasteiger partial charge on any atom is 0.184 e. The number of hydrogen-bond acceptors (Lipinski definition) is 5. The molecule has 0 aliphatic heterocycles. The molecule has 0 N–H and O–H groups in total. The van der Waals surface area contributed by atoms with Gasteiger partial charge in [0.1, 0.15) is 0 Å². The van der Waals surface area contributed by atoms with Crippen molar-refractivity contribution >= 4 is 35.3 Å². The lowest BCUT2D eigenvalue weighted by molar-refractivity contribution is 0.982. The zero-order valence-corrected chi connectivity index (χ0v) is 11.2. The molecule has 0 atom stereocenters. The first-order valence-electron chi connectivity index (χ1n) is 4.99. The molecule has 2 nitrogen and oxygen atoms in total. The van der Waals surface area contributed by atoms with Crippen LogP contribution in [0, 0.1) is 0 Å². The van der Waals surface area contributed by atoms with E-state index in [-0.39, 0.29) is 0 Å². The molecule has 3 rings (SSSR count). The summed E-state index contributed by atoms with van der Waals surface area (Å²) in [5.41, 5.74) is 0.929. The van der Waals surface area contributed by atoms with Crippen LogP contribution in [0.3, 0.4) is 0 Å². The van der Waals surface area contributed by atoms with E-state index in [0.29, 0.717) is 5.16 Å². The first-order chi connectivity index (χ1) is 8.33. The first kappa shape index (κ1) is 11.0. The van der Waals surface area contributed by atoms with Crippen molar-refractivity contribution in [3.05, 3.63) is 41.9 Å². The molecule has 0 amide bonds. The van der Waals surface area contributed by atoms with Crippen LogP contribution in [0.15, 0.2) is 47.1 Å². The Balaban J connectivity index is 2.01. The van der Waals surface area contributed by atoms with Gasteiger partial charge in [0.25, 0.3) is 0 Å². The second kappa shape index (κ2) is 4.60. The van der Waals surface area contributed by atoms with Gasteiger partial charge in [-0.05, 0) is 29.6 Å². The van der Waals surface area contributed by atoms with E-state index in [1.807, 2.05) is 6.07 Å². The Labute approximate surface area is 112 Å². The molecule has 0 fully saturated rings. The summed E-state index contributed by atoms with van der Waals surface area (Å²) in [6, 6.07) is 10.3. The van der Waals surface area contributed by atoms with E-state index < -0.39 is 0 Å². The molecule has 0 saturated heterocycles. The molecule has 0 radical (unpaired) electrons. The predicted molar refractivity (Wildman–Crippen MR) is 75.9 cm³/mol. The van der Waals surface area contributed by atoms with E-state index in [9.17, 15) is 0 Å². The smallest absolute Gasteiger partial charge is 0.184 e. The van der Waals surface area contributed by atoms with E-state index in [1.165, 1.54) is 9.75 Å². The minimum atomic E-state index is 0.508. The van der Waals surface area contributed by atoms with E-state index in [0.717, 1.165) is 10.6 Å². The second-order valence-corrected chi connectivity index (χ2v) is 5.81. The molecule has 0 aliphatic rings. The van der Waals surface area contributed by atoms with E-state index in [1.54, 1.807) is 28.9 Å². The first-order valence-corrected chi connectivity index (χ1v) is 7.13. The normalized spacial score (nSPS) is 10.6. The van der Waals surface area contributed by atoms with E-state index in [4.69, 9.17) is 0 Å². The molecule has 3 heterocycles. The zero-order chi connectivity index (χ0) is 11.7. The van der Waals surface area contributed by atoms with Crippen molar-refractivity contribution in [3.63, 3.8) is 0 Å². The van der Waals surface area contributed by atoms with Crippen LogP contribution in [-0.2, 0) is 0 Å². The Morgan fingerprint density at radius 2 is 1.88 bits per heavy atom. The van der Waals surface area contributed by atoms with Crippen molar-refractivity contribution in [3.8, 4) is 20.3 Å². The van der Waals surface area contributed by atoms with Gasteiger partial charge in [-0.3, -0.25) is 0 Å². The van der Waals surface area contributed by atoms with Gasteiger partial charge in [0.2, 0.25) is 0 Å². The monoisotopic (exact) mass is 276 g/mol. The van der Waals surface area contributed by atoms with Crippen LogP contribution in [0.4, 0.5) is 0 Å². The number of nitrogens with zero attached hydrogens (tertiary/aromatic N) is 2. The van der Waals surface area contributed by atoms with Gasteiger partial charge in [-0.25, -0.2) is 9.97 Å². The maximum absolute atomic E-state index is 4.30. The summed E-state index contributed by atoms with van der Waals surface area (Å²) in [7, 11) is 0. The van der Waals surface area contributed by atoms with Crippen molar-refractivity contribution in [2.24, 2.45) is 0 Å². The fourth-order valence-corrected chi connectivity index (χ4v) is 3.50. The minimum absolute atomic E-state index is 0.508. The Kier molecular flexibility index (Phi) is 2.96. The maximum atomic E-state index is 4.30. The summed E-state index contributed by atoms with van der Waals surface area (Å²) < 4.78 is 0. The van der Waals surface area contributed by atoms with Crippen molar-refractivity contribution in [2.75, 3.05) is 0 Å². The van der Waals surface area contributed by atoms with Gasteiger partial charge < -0.3 is 0 Å². The third-order valence-corrected chi connectivity index (χ3v) is 4.65. The van der Waals surface area contributed by atoms with Gasteiger partial charge in [0.05, 0.1) is 10.6 Å². The number of rotatable bonds is 2. The molecule has 17 heavy (non-hydrogen) atoms. The second-order valence-electron chi connectivity index (χ2n) is 3.38. The average molecular weight is 276 g/mol. The van der Waals surface area contributed by atoms with E-state index in [2.05, 4.69) is 52.2 Å². The quantitative estimate of drug-likeness (QED) is 0.560. The van der Waals surface area contributed by atoms with Crippen molar-refractivity contribution in [1.29, 1.82) is 0 Å². The lowest BCUT2D eigenvalue weighted by Gasteiger charge is -1.96. The summed E-state index contributed by atoms with van der Waals surface area (Å²) >= 11 is 7.64. The van der Waals surface area contributed by atoms with Gasteiger partial charge >= 0.3 is 0 Å². The molecule has 0 bridgehead atoms. The number of thiol groups is 1. The van der Waals surface area contributed by atoms with Crippen molar-refractivity contribution < 1.29 is 0 Å². The van der Waals surface area contributed by atoms with Crippen molar-refractivity contribution in [2.45, 2.75) is 5.16 Å².